The minimum atomic E-state index is 0. The Morgan fingerprint density at radius 2 is 2.40 bits per heavy atom. The van der Waals surface area contributed by atoms with Gasteiger partial charge in [-0.15, -0.1) is 23.7 Å². The van der Waals surface area contributed by atoms with Crippen LogP contribution in [0.4, 0.5) is 0 Å². The summed E-state index contributed by atoms with van der Waals surface area (Å²) in [6.07, 6.45) is 0. The van der Waals surface area contributed by atoms with Gasteiger partial charge in [0, 0.05) is 24.5 Å². The second kappa shape index (κ2) is 6.67. The van der Waals surface area contributed by atoms with Gasteiger partial charge < -0.3 is 9.84 Å². The van der Waals surface area contributed by atoms with Crippen LogP contribution < -0.4 is 5.32 Å². The summed E-state index contributed by atoms with van der Waals surface area (Å²) in [6.45, 7) is 5.01. The van der Waals surface area contributed by atoms with Gasteiger partial charge in [0.25, 0.3) is 0 Å². The van der Waals surface area contributed by atoms with E-state index < -0.39 is 0 Å². The van der Waals surface area contributed by atoms with Crippen molar-refractivity contribution in [3.63, 3.8) is 0 Å². The third-order valence-electron chi connectivity index (χ3n) is 3.61. The molecule has 0 saturated carbocycles. The van der Waals surface area contributed by atoms with Gasteiger partial charge in [-0.1, -0.05) is 11.2 Å². The van der Waals surface area contributed by atoms with Gasteiger partial charge in [-0.2, -0.15) is 4.98 Å². The van der Waals surface area contributed by atoms with E-state index >= 15 is 0 Å². The molecule has 2 unspecified atom stereocenters. The normalized spacial score (nSPS) is 21.4. The molecule has 0 bridgehead atoms. The molecule has 20 heavy (non-hydrogen) atoms. The summed E-state index contributed by atoms with van der Waals surface area (Å²) in [6, 6.07) is 4.36. The van der Waals surface area contributed by atoms with Crippen molar-refractivity contribution in [1.82, 2.24) is 20.4 Å². The first kappa shape index (κ1) is 15.4. The Balaban J connectivity index is 0.00000147. The monoisotopic (exact) mass is 314 g/mol. The van der Waals surface area contributed by atoms with Crippen LogP contribution in [0.1, 0.15) is 35.5 Å². The smallest absolute Gasteiger partial charge is 0.234 e. The molecule has 0 spiro atoms. The standard InChI is InChI=1S/C13H18N4OS.ClH/c1-9(11-4-3-7-19-11)13-15-12(16-18-13)10-8-14-5-6-17(10)2;/h3-4,7,9-10,14H,5-6,8H2,1-2H3;1H. The fourth-order valence-corrected chi connectivity index (χ4v) is 3.09. The van der Waals surface area contributed by atoms with Crippen LogP contribution in [0.2, 0.25) is 0 Å². The molecule has 110 valence electrons. The van der Waals surface area contributed by atoms with Crippen molar-refractivity contribution in [1.29, 1.82) is 0 Å². The molecule has 2 atom stereocenters. The highest BCUT2D eigenvalue weighted by atomic mass is 35.5. The highest BCUT2D eigenvalue weighted by Crippen LogP contribution is 2.28. The lowest BCUT2D eigenvalue weighted by atomic mass is 10.1. The first-order valence-electron chi connectivity index (χ1n) is 6.53. The summed E-state index contributed by atoms with van der Waals surface area (Å²) in [5, 5.41) is 9.60. The van der Waals surface area contributed by atoms with E-state index in [2.05, 4.69) is 45.8 Å². The minimum absolute atomic E-state index is 0. The maximum Gasteiger partial charge on any atom is 0.234 e. The topological polar surface area (TPSA) is 54.2 Å². The number of nitrogens with zero attached hydrogens (tertiary/aromatic N) is 3. The molecule has 1 N–H and O–H groups in total. The summed E-state index contributed by atoms with van der Waals surface area (Å²) in [5.41, 5.74) is 0. The molecule has 2 aromatic heterocycles. The van der Waals surface area contributed by atoms with Crippen molar-refractivity contribution < 1.29 is 4.52 Å². The Hall–Kier alpha value is -0.950. The zero-order chi connectivity index (χ0) is 13.2. The van der Waals surface area contributed by atoms with Crippen molar-refractivity contribution in [2.45, 2.75) is 18.9 Å². The molecule has 1 aliphatic rings. The number of rotatable bonds is 3. The second-order valence-electron chi connectivity index (χ2n) is 4.93. The van der Waals surface area contributed by atoms with E-state index in [-0.39, 0.29) is 24.4 Å². The maximum atomic E-state index is 5.44. The van der Waals surface area contributed by atoms with Gasteiger partial charge in [0.05, 0.1) is 12.0 Å². The first-order chi connectivity index (χ1) is 9.25. The van der Waals surface area contributed by atoms with Crippen molar-refractivity contribution >= 4 is 23.7 Å². The lowest BCUT2D eigenvalue weighted by Gasteiger charge is -2.30. The highest BCUT2D eigenvalue weighted by Gasteiger charge is 2.26. The van der Waals surface area contributed by atoms with E-state index in [0.717, 1.165) is 25.5 Å². The molecule has 1 saturated heterocycles. The quantitative estimate of drug-likeness (QED) is 0.942. The van der Waals surface area contributed by atoms with Crippen LogP contribution in [0.3, 0.4) is 0 Å². The Morgan fingerprint density at radius 3 is 3.10 bits per heavy atom. The molecular formula is C13H19ClN4OS. The number of piperazine rings is 1. The van der Waals surface area contributed by atoms with E-state index in [1.807, 2.05) is 6.07 Å². The lowest BCUT2D eigenvalue weighted by molar-refractivity contribution is 0.190. The van der Waals surface area contributed by atoms with Crippen LogP contribution in [0.15, 0.2) is 22.0 Å². The summed E-state index contributed by atoms with van der Waals surface area (Å²) in [4.78, 5) is 8.11. The van der Waals surface area contributed by atoms with Gasteiger partial charge in [-0.05, 0) is 25.4 Å². The van der Waals surface area contributed by atoms with Crippen LogP contribution in [0.5, 0.6) is 0 Å². The Labute approximate surface area is 128 Å². The van der Waals surface area contributed by atoms with Crippen LogP contribution in [0, 0.1) is 0 Å². The van der Waals surface area contributed by atoms with Gasteiger partial charge >= 0.3 is 0 Å². The molecule has 3 rings (SSSR count). The number of likely N-dealkylation sites (N-methyl/N-ethyl adjacent to an activating group) is 1. The third-order valence-corrected chi connectivity index (χ3v) is 4.66. The Bertz CT molecular complexity index is 530. The van der Waals surface area contributed by atoms with E-state index in [0.29, 0.717) is 5.89 Å². The average molecular weight is 315 g/mol. The van der Waals surface area contributed by atoms with E-state index in [1.54, 1.807) is 11.3 Å². The molecule has 1 fully saturated rings. The molecule has 5 nitrogen and oxygen atoms in total. The fraction of sp³-hybridized carbons (Fsp3) is 0.538. The van der Waals surface area contributed by atoms with Crippen molar-refractivity contribution in [3.05, 3.63) is 34.1 Å². The zero-order valence-corrected chi connectivity index (χ0v) is 13.2. The average Bonchev–Trinajstić information content (AvgIpc) is 3.10. The number of aromatic nitrogens is 2. The predicted octanol–water partition coefficient (Wildman–Crippen LogP) is 2.28. The number of hydrogen-bond acceptors (Lipinski definition) is 6. The summed E-state index contributed by atoms with van der Waals surface area (Å²) in [5.74, 6) is 1.66. The third kappa shape index (κ3) is 3.03. The molecule has 0 radical (unpaired) electrons. The molecule has 1 aliphatic heterocycles. The van der Waals surface area contributed by atoms with Crippen molar-refractivity contribution in [2.24, 2.45) is 0 Å². The summed E-state index contributed by atoms with van der Waals surface area (Å²) < 4.78 is 5.44. The van der Waals surface area contributed by atoms with Crippen LogP contribution in [0.25, 0.3) is 0 Å². The largest absolute Gasteiger partial charge is 0.339 e. The van der Waals surface area contributed by atoms with E-state index in [1.165, 1.54) is 4.88 Å². The van der Waals surface area contributed by atoms with Gasteiger partial charge in [-0.3, -0.25) is 4.90 Å². The molecule has 0 aromatic carbocycles. The zero-order valence-electron chi connectivity index (χ0n) is 11.6. The molecule has 0 amide bonds. The second-order valence-corrected chi connectivity index (χ2v) is 5.91. The number of nitrogens with one attached hydrogen (secondary N) is 1. The predicted molar refractivity (Wildman–Crippen MR) is 81.6 cm³/mol. The SMILES string of the molecule is CC(c1nc(C2CNCCN2C)no1)c1cccs1.Cl. The molecule has 2 aromatic rings. The van der Waals surface area contributed by atoms with Gasteiger partial charge in [0.15, 0.2) is 5.82 Å². The molecule has 3 heterocycles. The molecule has 7 heteroatoms. The minimum Gasteiger partial charge on any atom is -0.339 e. The van der Waals surface area contributed by atoms with Crippen LogP contribution in [-0.2, 0) is 0 Å². The summed E-state index contributed by atoms with van der Waals surface area (Å²) in [7, 11) is 2.10. The number of thiophene rings is 1. The van der Waals surface area contributed by atoms with Crippen LogP contribution in [-0.4, -0.2) is 41.7 Å². The fourth-order valence-electron chi connectivity index (χ4n) is 2.31. The lowest BCUT2D eigenvalue weighted by Crippen LogP contribution is -2.44. The number of hydrogen-bond donors (Lipinski definition) is 1. The first-order valence-corrected chi connectivity index (χ1v) is 7.41. The van der Waals surface area contributed by atoms with Gasteiger partial charge in [0.1, 0.15) is 0 Å². The Kier molecular flexibility index (Phi) is 5.15. The Morgan fingerprint density at radius 1 is 1.55 bits per heavy atom. The van der Waals surface area contributed by atoms with Crippen molar-refractivity contribution in [3.8, 4) is 0 Å². The molecule has 0 aliphatic carbocycles. The maximum absolute atomic E-state index is 5.44. The van der Waals surface area contributed by atoms with Gasteiger partial charge in [-0.25, -0.2) is 0 Å². The van der Waals surface area contributed by atoms with E-state index in [4.69, 9.17) is 4.52 Å². The van der Waals surface area contributed by atoms with Crippen molar-refractivity contribution in [2.75, 3.05) is 26.7 Å². The van der Waals surface area contributed by atoms with Gasteiger partial charge in [0.2, 0.25) is 5.89 Å². The number of halogens is 1. The van der Waals surface area contributed by atoms with Crippen LogP contribution >= 0.6 is 23.7 Å². The molecular weight excluding hydrogens is 296 g/mol. The summed E-state index contributed by atoms with van der Waals surface area (Å²) >= 11 is 1.72. The highest BCUT2D eigenvalue weighted by molar-refractivity contribution is 7.10. The van der Waals surface area contributed by atoms with E-state index in [9.17, 15) is 0 Å².